The van der Waals surface area contributed by atoms with Gasteiger partial charge in [0, 0.05) is 17.4 Å². The van der Waals surface area contributed by atoms with E-state index in [4.69, 9.17) is 26.1 Å². The van der Waals surface area contributed by atoms with Gasteiger partial charge in [0.1, 0.15) is 5.75 Å². The third-order valence-electron chi connectivity index (χ3n) is 4.79. The zero-order chi connectivity index (χ0) is 19.5. The molecule has 1 atom stereocenters. The first-order chi connectivity index (χ1) is 13.6. The van der Waals surface area contributed by atoms with Crippen LogP contribution in [0.4, 0.5) is 0 Å². The summed E-state index contributed by atoms with van der Waals surface area (Å²) < 4.78 is 12.8. The predicted octanol–water partition coefficient (Wildman–Crippen LogP) is 4.53. The molecule has 1 aliphatic heterocycles. The normalized spacial score (nSPS) is 16.6. The molecule has 1 fully saturated rings. The van der Waals surface area contributed by atoms with Crippen LogP contribution < -0.4 is 10.3 Å². The Hall–Kier alpha value is -2.02. The first kappa shape index (κ1) is 19.3. The molecule has 0 unspecified atom stereocenters. The summed E-state index contributed by atoms with van der Waals surface area (Å²) in [6, 6.07) is 13.1. The molecule has 0 spiro atoms. The van der Waals surface area contributed by atoms with Gasteiger partial charge in [-0.1, -0.05) is 35.5 Å². The van der Waals surface area contributed by atoms with Crippen molar-refractivity contribution in [1.82, 2.24) is 9.55 Å². The van der Waals surface area contributed by atoms with E-state index in [1.54, 1.807) is 29.9 Å². The number of methoxy groups -OCH3 is 1. The average molecular weight is 417 g/mol. The van der Waals surface area contributed by atoms with Gasteiger partial charge in [-0.2, -0.15) is 0 Å². The van der Waals surface area contributed by atoms with Gasteiger partial charge in [-0.15, -0.1) is 0 Å². The quantitative estimate of drug-likeness (QED) is 0.436. The molecule has 0 bridgehead atoms. The first-order valence-electron chi connectivity index (χ1n) is 9.21. The van der Waals surface area contributed by atoms with E-state index in [-0.39, 0.29) is 11.7 Å². The second-order valence-electron chi connectivity index (χ2n) is 6.75. The fourth-order valence-corrected chi connectivity index (χ4v) is 4.46. The van der Waals surface area contributed by atoms with Crippen molar-refractivity contribution in [3.8, 4) is 5.75 Å². The molecule has 5 nitrogen and oxygen atoms in total. The largest absolute Gasteiger partial charge is 0.497 e. The maximum atomic E-state index is 13.2. The second-order valence-corrected chi connectivity index (χ2v) is 8.13. The number of thioether (sulfide) groups is 1. The third kappa shape index (κ3) is 4.19. The van der Waals surface area contributed by atoms with Crippen molar-refractivity contribution in [2.24, 2.45) is 0 Å². The number of rotatable bonds is 6. The van der Waals surface area contributed by atoms with Gasteiger partial charge in [-0.05, 0) is 48.7 Å². The molecule has 0 radical (unpaired) electrons. The number of aromatic nitrogens is 2. The number of hydrogen-bond donors (Lipinski definition) is 0. The number of hydrogen-bond acceptors (Lipinski definition) is 5. The van der Waals surface area contributed by atoms with Crippen LogP contribution in [-0.2, 0) is 17.0 Å². The van der Waals surface area contributed by atoms with Crippen molar-refractivity contribution in [1.29, 1.82) is 0 Å². The van der Waals surface area contributed by atoms with E-state index in [0.29, 0.717) is 33.4 Å². The van der Waals surface area contributed by atoms with Gasteiger partial charge in [0.05, 0.1) is 30.7 Å². The Morgan fingerprint density at radius 3 is 3.00 bits per heavy atom. The average Bonchev–Trinajstić information content (AvgIpc) is 3.22. The number of ether oxygens (including phenoxy) is 2. The Labute approximate surface area is 172 Å². The molecule has 146 valence electrons. The maximum absolute atomic E-state index is 13.2. The van der Waals surface area contributed by atoms with E-state index in [0.717, 1.165) is 30.8 Å². The Bertz CT molecular complexity index is 1050. The van der Waals surface area contributed by atoms with E-state index < -0.39 is 0 Å². The first-order valence-corrected chi connectivity index (χ1v) is 10.6. The van der Waals surface area contributed by atoms with Crippen LogP contribution in [0.25, 0.3) is 10.9 Å². The van der Waals surface area contributed by atoms with Crippen LogP contribution in [0.15, 0.2) is 52.4 Å². The molecule has 0 saturated carbocycles. The highest BCUT2D eigenvalue weighted by Gasteiger charge is 2.20. The SMILES string of the molecule is COc1cccc(CSc2nc3cc(Cl)ccc3c(=O)n2C[C@@H]2CCCO2)c1. The summed E-state index contributed by atoms with van der Waals surface area (Å²) in [6.07, 6.45) is 2.05. The van der Waals surface area contributed by atoms with Gasteiger partial charge >= 0.3 is 0 Å². The highest BCUT2D eigenvalue weighted by atomic mass is 35.5. The molecule has 1 aromatic heterocycles. The standard InChI is InChI=1S/C21H21ClN2O3S/c1-26-16-5-2-4-14(10-16)13-28-21-23-19-11-15(22)7-8-18(19)20(25)24(21)12-17-6-3-9-27-17/h2,4-5,7-8,10-11,17H,3,6,9,12-13H2,1H3/t17-/m0/s1. The Morgan fingerprint density at radius 1 is 1.32 bits per heavy atom. The van der Waals surface area contributed by atoms with Crippen molar-refractivity contribution in [3.63, 3.8) is 0 Å². The summed E-state index contributed by atoms with van der Waals surface area (Å²) in [5.41, 5.74) is 1.67. The van der Waals surface area contributed by atoms with Crippen LogP contribution in [0, 0.1) is 0 Å². The summed E-state index contributed by atoms with van der Waals surface area (Å²) in [7, 11) is 1.65. The van der Waals surface area contributed by atoms with Gasteiger partial charge in [0.2, 0.25) is 0 Å². The molecule has 1 aliphatic rings. The van der Waals surface area contributed by atoms with E-state index >= 15 is 0 Å². The van der Waals surface area contributed by atoms with Gasteiger partial charge in [-0.3, -0.25) is 9.36 Å². The lowest BCUT2D eigenvalue weighted by atomic mass is 10.2. The van der Waals surface area contributed by atoms with Crippen molar-refractivity contribution in [3.05, 3.63) is 63.4 Å². The van der Waals surface area contributed by atoms with Crippen LogP contribution in [0.3, 0.4) is 0 Å². The zero-order valence-corrected chi connectivity index (χ0v) is 17.1. The summed E-state index contributed by atoms with van der Waals surface area (Å²) in [6.45, 7) is 1.27. The molecular weight excluding hydrogens is 396 g/mol. The van der Waals surface area contributed by atoms with Crippen LogP contribution in [0.1, 0.15) is 18.4 Å². The monoisotopic (exact) mass is 416 g/mol. The predicted molar refractivity (Wildman–Crippen MR) is 113 cm³/mol. The van der Waals surface area contributed by atoms with Crippen molar-refractivity contribution in [2.45, 2.75) is 36.4 Å². The minimum absolute atomic E-state index is 0.0506. The third-order valence-corrected chi connectivity index (χ3v) is 6.08. The lowest BCUT2D eigenvalue weighted by molar-refractivity contribution is 0.0937. The van der Waals surface area contributed by atoms with Crippen LogP contribution in [-0.4, -0.2) is 29.4 Å². The highest BCUT2D eigenvalue weighted by molar-refractivity contribution is 7.98. The lowest BCUT2D eigenvalue weighted by Gasteiger charge is -2.16. The molecule has 0 amide bonds. The molecular formula is C21H21ClN2O3S. The van der Waals surface area contributed by atoms with E-state index in [1.165, 1.54) is 11.8 Å². The maximum Gasteiger partial charge on any atom is 0.262 e. The van der Waals surface area contributed by atoms with Crippen LogP contribution >= 0.6 is 23.4 Å². The molecule has 4 rings (SSSR count). The van der Waals surface area contributed by atoms with Gasteiger partial charge in [-0.25, -0.2) is 4.98 Å². The molecule has 2 heterocycles. The number of halogens is 1. The minimum atomic E-state index is -0.0506. The molecule has 3 aromatic rings. The van der Waals surface area contributed by atoms with Gasteiger partial charge < -0.3 is 9.47 Å². The molecule has 7 heteroatoms. The van der Waals surface area contributed by atoms with Gasteiger partial charge in [0.25, 0.3) is 5.56 Å². The lowest BCUT2D eigenvalue weighted by Crippen LogP contribution is -2.28. The van der Waals surface area contributed by atoms with E-state index in [2.05, 4.69) is 0 Å². The number of nitrogens with zero attached hydrogens (tertiary/aromatic N) is 2. The summed E-state index contributed by atoms with van der Waals surface area (Å²) in [5.74, 6) is 1.49. The fourth-order valence-electron chi connectivity index (χ4n) is 3.35. The highest BCUT2D eigenvalue weighted by Crippen LogP contribution is 2.26. The molecule has 28 heavy (non-hydrogen) atoms. The van der Waals surface area contributed by atoms with E-state index in [9.17, 15) is 4.79 Å². The minimum Gasteiger partial charge on any atom is -0.497 e. The second kappa shape index (κ2) is 8.55. The summed E-state index contributed by atoms with van der Waals surface area (Å²) >= 11 is 7.65. The Kier molecular flexibility index (Phi) is 5.90. The summed E-state index contributed by atoms with van der Waals surface area (Å²) in [5, 5.41) is 1.83. The molecule has 0 aliphatic carbocycles. The zero-order valence-electron chi connectivity index (χ0n) is 15.6. The molecule has 0 N–H and O–H groups in total. The van der Waals surface area contributed by atoms with Crippen molar-refractivity contribution < 1.29 is 9.47 Å². The fraction of sp³-hybridized carbons (Fsp3) is 0.333. The Balaban J connectivity index is 1.70. The van der Waals surface area contributed by atoms with Crippen LogP contribution in [0.5, 0.6) is 5.75 Å². The molecule has 2 aromatic carbocycles. The number of benzene rings is 2. The van der Waals surface area contributed by atoms with E-state index in [1.807, 2.05) is 24.3 Å². The summed E-state index contributed by atoms with van der Waals surface area (Å²) in [4.78, 5) is 17.9. The van der Waals surface area contributed by atoms with Crippen LogP contribution in [0.2, 0.25) is 5.02 Å². The van der Waals surface area contributed by atoms with Gasteiger partial charge in [0.15, 0.2) is 5.16 Å². The Morgan fingerprint density at radius 2 is 2.21 bits per heavy atom. The topological polar surface area (TPSA) is 53.3 Å². The molecule has 1 saturated heterocycles. The smallest absolute Gasteiger partial charge is 0.262 e. The number of fused-ring (bicyclic) bond motifs is 1. The van der Waals surface area contributed by atoms with Crippen molar-refractivity contribution >= 4 is 34.3 Å². The van der Waals surface area contributed by atoms with Crippen molar-refractivity contribution in [2.75, 3.05) is 13.7 Å².